The summed E-state index contributed by atoms with van der Waals surface area (Å²) in [6.07, 6.45) is 1.80. The van der Waals surface area contributed by atoms with Crippen molar-refractivity contribution in [2.75, 3.05) is 36.0 Å². The Morgan fingerprint density at radius 2 is 1.81 bits per heavy atom. The lowest BCUT2D eigenvalue weighted by Crippen LogP contribution is -2.47. The average molecular weight is 286 g/mol. The molecule has 4 nitrogen and oxygen atoms in total. The number of aromatic nitrogens is 1. The molecule has 0 spiro atoms. The molecule has 1 aliphatic heterocycles. The molecule has 3 rings (SSSR count). The maximum Gasteiger partial charge on any atom is 0.146 e. The molecular weight excluding hydrogens is 267 g/mol. The molecule has 0 radical (unpaired) electrons. The van der Waals surface area contributed by atoms with Crippen LogP contribution in [0.25, 0.3) is 0 Å². The fourth-order valence-corrected chi connectivity index (χ4v) is 2.65. The molecule has 21 heavy (non-hydrogen) atoms. The highest BCUT2D eigenvalue weighted by Crippen LogP contribution is 2.23. The number of pyridine rings is 1. The fraction of sp³-hybridized carbons (Fsp3) is 0.312. The van der Waals surface area contributed by atoms with Crippen molar-refractivity contribution in [1.82, 2.24) is 4.98 Å². The second kappa shape index (κ2) is 6.10. The molecule has 0 atom stereocenters. The van der Waals surface area contributed by atoms with Gasteiger partial charge in [-0.25, -0.2) is 9.37 Å². The van der Waals surface area contributed by atoms with E-state index in [9.17, 15) is 4.39 Å². The van der Waals surface area contributed by atoms with E-state index in [1.54, 1.807) is 6.20 Å². The third-order valence-corrected chi connectivity index (χ3v) is 3.84. The molecule has 0 saturated carbocycles. The molecule has 2 N–H and O–H groups in total. The molecule has 1 aromatic heterocycles. The van der Waals surface area contributed by atoms with Crippen LogP contribution in [0.4, 0.5) is 15.9 Å². The lowest BCUT2D eigenvalue weighted by molar-refractivity contribution is 0.594. The van der Waals surface area contributed by atoms with E-state index in [0.717, 1.165) is 37.6 Å². The number of piperazine rings is 1. The maximum absolute atomic E-state index is 14.1. The van der Waals surface area contributed by atoms with Crippen molar-refractivity contribution in [2.24, 2.45) is 5.73 Å². The quantitative estimate of drug-likeness (QED) is 0.937. The summed E-state index contributed by atoms with van der Waals surface area (Å²) in [4.78, 5) is 8.66. The highest BCUT2D eigenvalue weighted by Gasteiger charge is 2.20. The summed E-state index contributed by atoms with van der Waals surface area (Å²) < 4.78 is 14.1. The first-order valence-corrected chi connectivity index (χ1v) is 7.17. The van der Waals surface area contributed by atoms with Crippen LogP contribution in [0.1, 0.15) is 5.56 Å². The van der Waals surface area contributed by atoms with Gasteiger partial charge in [-0.3, -0.25) is 0 Å². The van der Waals surface area contributed by atoms with Gasteiger partial charge in [0.25, 0.3) is 0 Å². The number of rotatable bonds is 3. The van der Waals surface area contributed by atoms with Crippen molar-refractivity contribution >= 4 is 11.5 Å². The van der Waals surface area contributed by atoms with E-state index in [-0.39, 0.29) is 5.82 Å². The van der Waals surface area contributed by atoms with Gasteiger partial charge in [0.15, 0.2) is 0 Å². The Hall–Kier alpha value is -2.14. The lowest BCUT2D eigenvalue weighted by Gasteiger charge is -2.36. The van der Waals surface area contributed by atoms with Gasteiger partial charge in [-0.15, -0.1) is 0 Å². The molecule has 1 aromatic carbocycles. The van der Waals surface area contributed by atoms with Crippen LogP contribution in [-0.4, -0.2) is 31.2 Å². The van der Waals surface area contributed by atoms with Gasteiger partial charge in [0.1, 0.15) is 11.6 Å². The first kappa shape index (κ1) is 13.8. The molecule has 0 amide bonds. The Bertz CT molecular complexity index is 594. The standard InChI is InChI=1S/C16H19FN4/c17-14-11-13(12-18)4-5-15(14)20-7-9-21(10-8-20)16-3-1-2-6-19-16/h1-6,11H,7-10,12,18H2. The summed E-state index contributed by atoms with van der Waals surface area (Å²) in [5, 5.41) is 0. The van der Waals surface area contributed by atoms with E-state index in [2.05, 4.69) is 14.8 Å². The van der Waals surface area contributed by atoms with Crippen molar-refractivity contribution in [3.8, 4) is 0 Å². The van der Waals surface area contributed by atoms with Gasteiger partial charge in [-0.05, 0) is 29.8 Å². The number of halogens is 1. The topological polar surface area (TPSA) is 45.4 Å². The third-order valence-electron chi connectivity index (χ3n) is 3.84. The molecule has 0 unspecified atom stereocenters. The number of anilines is 2. The second-order valence-electron chi connectivity index (χ2n) is 5.15. The summed E-state index contributed by atoms with van der Waals surface area (Å²) in [5.41, 5.74) is 7.02. The van der Waals surface area contributed by atoms with Gasteiger partial charge < -0.3 is 15.5 Å². The van der Waals surface area contributed by atoms with E-state index in [0.29, 0.717) is 12.2 Å². The van der Waals surface area contributed by atoms with E-state index in [4.69, 9.17) is 5.73 Å². The van der Waals surface area contributed by atoms with Crippen molar-refractivity contribution in [1.29, 1.82) is 0 Å². The zero-order chi connectivity index (χ0) is 14.7. The zero-order valence-electron chi connectivity index (χ0n) is 11.9. The largest absolute Gasteiger partial charge is 0.366 e. The van der Waals surface area contributed by atoms with Crippen LogP contribution < -0.4 is 15.5 Å². The van der Waals surface area contributed by atoms with Gasteiger partial charge >= 0.3 is 0 Å². The van der Waals surface area contributed by atoms with Crippen LogP contribution >= 0.6 is 0 Å². The van der Waals surface area contributed by atoms with E-state index in [1.807, 2.05) is 30.3 Å². The summed E-state index contributed by atoms with van der Waals surface area (Å²) in [6.45, 7) is 3.62. The first-order valence-electron chi connectivity index (χ1n) is 7.17. The molecule has 1 aliphatic rings. The Kier molecular flexibility index (Phi) is 4.01. The van der Waals surface area contributed by atoms with E-state index in [1.165, 1.54) is 6.07 Å². The molecule has 5 heteroatoms. The first-order chi connectivity index (χ1) is 10.3. The molecule has 2 aromatic rings. The van der Waals surface area contributed by atoms with E-state index >= 15 is 0 Å². The minimum atomic E-state index is -0.191. The Labute approximate surface area is 124 Å². The van der Waals surface area contributed by atoms with Gasteiger partial charge in [0, 0.05) is 38.9 Å². The Morgan fingerprint density at radius 1 is 1.05 bits per heavy atom. The van der Waals surface area contributed by atoms with Crippen LogP contribution in [0.2, 0.25) is 0 Å². The fourth-order valence-electron chi connectivity index (χ4n) is 2.65. The van der Waals surface area contributed by atoms with Gasteiger partial charge in [-0.1, -0.05) is 12.1 Å². The van der Waals surface area contributed by atoms with Crippen LogP contribution in [0.15, 0.2) is 42.6 Å². The van der Waals surface area contributed by atoms with Gasteiger partial charge in [0.2, 0.25) is 0 Å². The molecule has 0 aliphatic carbocycles. The molecule has 1 saturated heterocycles. The smallest absolute Gasteiger partial charge is 0.146 e. The number of nitrogens with zero attached hydrogens (tertiary/aromatic N) is 3. The zero-order valence-corrected chi connectivity index (χ0v) is 11.9. The molecular formula is C16H19FN4. The summed E-state index contributed by atoms with van der Waals surface area (Å²) in [7, 11) is 0. The van der Waals surface area contributed by atoms with Crippen molar-refractivity contribution in [3.63, 3.8) is 0 Å². The predicted octanol–water partition coefficient (Wildman–Crippen LogP) is 2.01. The summed E-state index contributed by atoms with van der Waals surface area (Å²) >= 11 is 0. The minimum absolute atomic E-state index is 0.191. The number of nitrogens with two attached hydrogens (primary N) is 1. The molecule has 110 valence electrons. The second-order valence-corrected chi connectivity index (χ2v) is 5.15. The molecule has 2 heterocycles. The third kappa shape index (κ3) is 2.97. The van der Waals surface area contributed by atoms with E-state index < -0.39 is 0 Å². The Morgan fingerprint density at radius 3 is 2.43 bits per heavy atom. The van der Waals surface area contributed by atoms with Crippen LogP contribution in [0, 0.1) is 5.82 Å². The SMILES string of the molecule is NCc1ccc(N2CCN(c3ccccn3)CC2)c(F)c1. The molecule has 0 bridgehead atoms. The minimum Gasteiger partial charge on any atom is -0.366 e. The normalized spacial score (nSPS) is 15.3. The average Bonchev–Trinajstić information content (AvgIpc) is 2.56. The lowest BCUT2D eigenvalue weighted by atomic mass is 10.1. The number of hydrogen-bond acceptors (Lipinski definition) is 4. The van der Waals surface area contributed by atoms with Crippen molar-refractivity contribution in [3.05, 3.63) is 54.0 Å². The summed E-state index contributed by atoms with van der Waals surface area (Å²) in [6, 6.07) is 11.2. The monoisotopic (exact) mass is 286 g/mol. The van der Waals surface area contributed by atoms with Crippen LogP contribution in [0.3, 0.4) is 0 Å². The highest BCUT2D eigenvalue weighted by atomic mass is 19.1. The highest BCUT2D eigenvalue weighted by molar-refractivity contribution is 5.51. The van der Waals surface area contributed by atoms with Gasteiger partial charge in [0.05, 0.1) is 5.69 Å². The van der Waals surface area contributed by atoms with Gasteiger partial charge in [-0.2, -0.15) is 0 Å². The maximum atomic E-state index is 14.1. The molecule has 1 fully saturated rings. The number of benzene rings is 1. The number of hydrogen-bond donors (Lipinski definition) is 1. The van der Waals surface area contributed by atoms with Crippen molar-refractivity contribution < 1.29 is 4.39 Å². The van der Waals surface area contributed by atoms with Crippen LogP contribution in [0.5, 0.6) is 0 Å². The van der Waals surface area contributed by atoms with Crippen molar-refractivity contribution in [2.45, 2.75) is 6.54 Å². The Balaban J connectivity index is 1.68. The summed E-state index contributed by atoms with van der Waals surface area (Å²) in [5.74, 6) is 0.792. The van der Waals surface area contributed by atoms with Crippen LogP contribution in [-0.2, 0) is 6.54 Å². The predicted molar refractivity (Wildman–Crippen MR) is 83.0 cm³/mol.